The van der Waals surface area contributed by atoms with Crippen LogP contribution in [0.1, 0.15) is 11.1 Å². The normalized spacial score (nSPS) is 27.1. The van der Waals surface area contributed by atoms with E-state index in [4.69, 9.17) is 12.2 Å². The summed E-state index contributed by atoms with van der Waals surface area (Å²) in [5.74, 6) is 0.00917. The number of hydrogen-bond donors (Lipinski definition) is 1. The number of aliphatic hydroxyl groups excluding tert-OH is 1. The summed E-state index contributed by atoms with van der Waals surface area (Å²) in [6.45, 7) is 0. The Bertz CT molecular complexity index is 513. The lowest BCUT2D eigenvalue weighted by molar-refractivity contribution is 0.197. The van der Waals surface area contributed by atoms with Crippen LogP contribution in [0.15, 0.2) is 48.1 Å². The van der Waals surface area contributed by atoms with Crippen molar-refractivity contribution < 1.29 is 5.11 Å². The molecule has 2 heteroatoms. The van der Waals surface area contributed by atoms with Gasteiger partial charge in [0.1, 0.15) is 0 Å². The molecule has 0 saturated heterocycles. The molecule has 0 spiro atoms. The highest BCUT2D eigenvalue weighted by Gasteiger charge is 2.32. The Hall–Kier alpha value is -1.25. The van der Waals surface area contributed by atoms with E-state index in [1.54, 1.807) is 0 Å². The highest BCUT2D eigenvalue weighted by atomic mass is 32.1. The van der Waals surface area contributed by atoms with E-state index in [-0.39, 0.29) is 5.92 Å². The Labute approximate surface area is 100 Å². The second-order valence-corrected chi connectivity index (χ2v) is 4.73. The van der Waals surface area contributed by atoms with Gasteiger partial charge in [0, 0.05) is 10.8 Å². The van der Waals surface area contributed by atoms with Gasteiger partial charge in [-0.1, -0.05) is 60.3 Å². The van der Waals surface area contributed by atoms with Crippen LogP contribution in [0.25, 0.3) is 0 Å². The molecule has 3 rings (SSSR count). The largest absolute Gasteiger partial charge is 0.388 e. The van der Waals surface area contributed by atoms with Crippen LogP contribution in [0.3, 0.4) is 0 Å². The SMILES string of the molecule is OC1C=CC=C2Cc3ccccc3C(=S)C21. The van der Waals surface area contributed by atoms with Gasteiger partial charge in [0.25, 0.3) is 0 Å². The fraction of sp³-hybridized carbons (Fsp3) is 0.214. The minimum Gasteiger partial charge on any atom is -0.388 e. The molecule has 16 heavy (non-hydrogen) atoms. The molecular formula is C14H12OS. The van der Waals surface area contributed by atoms with Crippen molar-refractivity contribution >= 4 is 17.1 Å². The van der Waals surface area contributed by atoms with E-state index in [9.17, 15) is 5.11 Å². The molecule has 1 N–H and O–H groups in total. The number of hydrogen-bond acceptors (Lipinski definition) is 2. The topological polar surface area (TPSA) is 20.2 Å². The Morgan fingerprint density at radius 2 is 2.06 bits per heavy atom. The van der Waals surface area contributed by atoms with Gasteiger partial charge in [0.05, 0.1) is 6.10 Å². The van der Waals surface area contributed by atoms with Crippen molar-refractivity contribution in [2.75, 3.05) is 0 Å². The van der Waals surface area contributed by atoms with Gasteiger partial charge in [-0.2, -0.15) is 0 Å². The Kier molecular flexibility index (Phi) is 2.27. The average Bonchev–Trinajstić information content (AvgIpc) is 2.29. The fourth-order valence-corrected chi connectivity index (χ4v) is 3.01. The van der Waals surface area contributed by atoms with Crippen LogP contribution in [-0.4, -0.2) is 16.1 Å². The number of allylic oxidation sites excluding steroid dienone is 2. The first-order valence-corrected chi connectivity index (χ1v) is 5.85. The third-order valence-corrected chi connectivity index (χ3v) is 3.79. The molecule has 0 radical (unpaired) electrons. The Balaban J connectivity index is 2.14. The highest BCUT2D eigenvalue weighted by Crippen LogP contribution is 2.34. The monoisotopic (exact) mass is 228 g/mol. The van der Waals surface area contributed by atoms with Crippen molar-refractivity contribution in [1.82, 2.24) is 0 Å². The van der Waals surface area contributed by atoms with E-state index >= 15 is 0 Å². The van der Waals surface area contributed by atoms with Crippen molar-refractivity contribution in [2.45, 2.75) is 12.5 Å². The molecule has 0 amide bonds. The molecule has 2 aliphatic carbocycles. The summed E-state index contributed by atoms with van der Waals surface area (Å²) in [6, 6.07) is 8.21. The summed E-state index contributed by atoms with van der Waals surface area (Å²) < 4.78 is 0. The van der Waals surface area contributed by atoms with E-state index in [2.05, 4.69) is 18.2 Å². The quantitative estimate of drug-likeness (QED) is 0.688. The van der Waals surface area contributed by atoms with E-state index in [0.717, 1.165) is 16.8 Å². The molecule has 1 aromatic carbocycles. The van der Waals surface area contributed by atoms with Crippen molar-refractivity contribution in [1.29, 1.82) is 0 Å². The third-order valence-electron chi connectivity index (χ3n) is 3.32. The van der Waals surface area contributed by atoms with Crippen molar-refractivity contribution in [3.05, 3.63) is 59.2 Å². The maximum absolute atomic E-state index is 9.99. The molecule has 1 aromatic rings. The first-order valence-electron chi connectivity index (χ1n) is 5.45. The van der Waals surface area contributed by atoms with Crippen LogP contribution >= 0.6 is 12.2 Å². The van der Waals surface area contributed by atoms with E-state index < -0.39 is 6.10 Å². The number of benzene rings is 1. The maximum atomic E-state index is 9.99. The molecule has 0 fully saturated rings. The summed E-state index contributed by atoms with van der Waals surface area (Å²) in [5, 5.41) is 9.99. The standard InChI is InChI=1S/C14H12OS/c15-12-7-3-5-10-8-9-4-1-2-6-11(9)14(16)13(10)12/h1-7,12-13,15H,8H2. The number of rotatable bonds is 0. The van der Waals surface area contributed by atoms with Gasteiger partial charge in [-0.05, 0) is 17.5 Å². The van der Waals surface area contributed by atoms with Crippen LogP contribution in [0, 0.1) is 5.92 Å². The summed E-state index contributed by atoms with van der Waals surface area (Å²) in [6.07, 6.45) is 6.27. The lowest BCUT2D eigenvalue weighted by Crippen LogP contribution is -2.34. The van der Waals surface area contributed by atoms with Gasteiger partial charge >= 0.3 is 0 Å². The smallest absolute Gasteiger partial charge is 0.0838 e. The van der Waals surface area contributed by atoms with Crippen LogP contribution in [0.2, 0.25) is 0 Å². The lowest BCUT2D eigenvalue weighted by Gasteiger charge is -2.32. The first kappa shape index (κ1) is 9.94. The van der Waals surface area contributed by atoms with Crippen LogP contribution in [-0.2, 0) is 6.42 Å². The summed E-state index contributed by atoms with van der Waals surface area (Å²) in [7, 11) is 0. The van der Waals surface area contributed by atoms with Crippen molar-refractivity contribution in [3.63, 3.8) is 0 Å². The molecule has 0 aromatic heterocycles. The van der Waals surface area contributed by atoms with Gasteiger partial charge in [-0.3, -0.25) is 0 Å². The van der Waals surface area contributed by atoms with Gasteiger partial charge in [-0.15, -0.1) is 0 Å². The fourth-order valence-electron chi connectivity index (χ4n) is 2.52. The summed E-state index contributed by atoms with van der Waals surface area (Å²) in [4.78, 5) is 0.880. The number of fused-ring (bicyclic) bond motifs is 2. The molecule has 0 aliphatic heterocycles. The van der Waals surface area contributed by atoms with Crippen molar-refractivity contribution in [3.8, 4) is 0 Å². The van der Waals surface area contributed by atoms with E-state index in [1.165, 1.54) is 11.1 Å². The predicted molar refractivity (Wildman–Crippen MR) is 68.6 cm³/mol. The molecule has 0 bridgehead atoms. The molecule has 80 valence electrons. The van der Waals surface area contributed by atoms with Crippen molar-refractivity contribution in [2.24, 2.45) is 5.92 Å². The molecule has 2 aliphatic rings. The zero-order chi connectivity index (χ0) is 11.1. The predicted octanol–water partition coefficient (Wildman–Crippen LogP) is 2.43. The van der Waals surface area contributed by atoms with E-state index in [0.29, 0.717) is 0 Å². The average molecular weight is 228 g/mol. The molecular weight excluding hydrogens is 216 g/mol. The minimum atomic E-state index is -0.458. The highest BCUT2D eigenvalue weighted by molar-refractivity contribution is 7.81. The van der Waals surface area contributed by atoms with Gasteiger partial charge in [0.2, 0.25) is 0 Å². The summed E-state index contributed by atoms with van der Waals surface area (Å²) >= 11 is 5.50. The van der Waals surface area contributed by atoms with Gasteiger partial charge in [-0.25, -0.2) is 0 Å². The Morgan fingerprint density at radius 3 is 2.94 bits per heavy atom. The molecule has 2 atom stereocenters. The zero-order valence-electron chi connectivity index (χ0n) is 8.76. The molecule has 0 saturated carbocycles. The Morgan fingerprint density at radius 1 is 1.25 bits per heavy atom. The van der Waals surface area contributed by atoms with Gasteiger partial charge < -0.3 is 5.11 Å². The second kappa shape index (κ2) is 3.65. The van der Waals surface area contributed by atoms with Gasteiger partial charge in [0.15, 0.2) is 0 Å². The van der Waals surface area contributed by atoms with Crippen LogP contribution < -0.4 is 0 Å². The second-order valence-electron chi connectivity index (χ2n) is 4.29. The molecule has 0 heterocycles. The molecule has 1 nitrogen and oxygen atoms in total. The third kappa shape index (κ3) is 1.38. The van der Waals surface area contributed by atoms with E-state index in [1.807, 2.05) is 24.3 Å². The molecule has 2 unspecified atom stereocenters. The number of thiocarbonyl (C=S) groups is 1. The summed E-state index contributed by atoms with van der Waals surface area (Å²) in [5.41, 5.74) is 3.64. The maximum Gasteiger partial charge on any atom is 0.0838 e. The lowest BCUT2D eigenvalue weighted by atomic mass is 9.75. The minimum absolute atomic E-state index is 0.00917. The van der Waals surface area contributed by atoms with Crippen LogP contribution in [0.4, 0.5) is 0 Å². The van der Waals surface area contributed by atoms with Crippen LogP contribution in [0.5, 0.6) is 0 Å². The zero-order valence-corrected chi connectivity index (χ0v) is 9.58. The first-order chi connectivity index (χ1) is 7.77. The number of aliphatic hydroxyl groups is 1.